The number of piperidine rings is 1. The predicted octanol–water partition coefficient (Wildman–Crippen LogP) is 3.10. The lowest BCUT2D eigenvalue weighted by molar-refractivity contribution is 0.0818. The van der Waals surface area contributed by atoms with Crippen molar-refractivity contribution in [1.82, 2.24) is 9.38 Å². The number of benzene rings is 1. The van der Waals surface area contributed by atoms with Crippen LogP contribution >= 0.6 is 0 Å². The molecule has 3 heterocycles. The van der Waals surface area contributed by atoms with Gasteiger partial charge in [-0.15, -0.1) is 0 Å². The third-order valence-corrected chi connectivity index (χ3v) is 4.42. The first-order chi connectivity index (χ1) is 10.4. The molecule has 1 aliphatic heterocycles. The van der Waals surface area contributed by atoms with Crippen LogP contribution in [0.3, 0.4) is 0 Å². The van der Waals surface area contributed by atoms with E-state index in [0.29, 0.717) is 6.10 Å². The average Bonchev–Trinajstić information content (AvgIpc) is 3.04. The second-order valence-electron chi connectivity index (χ2n) is 5.61. The van der Waals surface area contributed by atoms with Gasteiger partial charge in [0, 0.05) is 26.4 Å². The molecule has 0 atom stereocenters. The molecule has 0 bridgehead atoms. The normalized spacial score (nSPS) is 16.9. The van der Waals surface area contributed by atoms with Crippen LogP contribution in [0.25, 0.3) is 16.6 Å². The number of hydrogen-bond acceptors (Lipinski definition) is 3. The van der Waals surface area contributed by atoms with E-state index >= 15 is 0 Å². The van der Waals surface area contributed by atoms with Gasteiger partial charge in [0.1, 0.15) is 0 Å². The van der Waals surface area contributed by atoms with Gasteiger partial charge in [0.15, 0.2) is 5.82 Å². The van der Waals surface area contributed by atoms with Crippen LogP contribution in [0, 0.1) is 0 Å². The number of ether oxygens (including phenoxy) is 1. The number of rotatable bonds is 2. The van der Waals surface area contributed by atoms with Crippen molar-refractivity contribution in [3.05, 3.63) is 42.6 Å². The van der Waals surface area contributed by atoms with Crippen LogP contribution in [-0.4, -0.2) is 35.7 Å². The fourth-order valence-corrected chi connectivity index (χ4v) is 3.24. The Kier molecular flexibility index (Phi) is 3.04. The first-order valence-corrected chi connectivity index (χ1v) is 7.50. The highest BCUT2D eigenvalue weighted by molar-refractivity contribution is 5.85. The Hall–Kier alpha value is -2.07. The van der Waals surface area contributed by atoms with E-state index in [1.807, 2.05) is 6.07 Å². The molecule has 4 nitrogen and oxygen atoms in total. The van der Waals surface area contributed by atoms with E-state index in [1.165, 1.54) is 5.52 Å². The molecule has 2 aromatic heterocycles. The van der Waals surface area contributed by atoms with Crippen molar-refractivity contribution >= 4 is 22.4 Å². The van der Waals surface area contributed by atoms with Crippen molar-refractivity contribution in [3.63, 3.8) is 0 Å². The largest absolute Gasteiger partial charge is 0.381 e. The monoisotopic (exact) mass is 281 g/mol. The van der Waals surface area contributed by atoms with E-state index in [1.54, 1.807) is 7.11 Å². The summed E-state index contributed by atoms with van der Waals surface area (Å²) in [4.78, 5) is 7.30. The van der Waals surface area contributed by atoms with Crippen LogP contribution in [0.2, 0.25) is 0 Å². The van der Waals surface area contributed by atoms with Gasteiger partial charge >= 0.3 is 0 Å². The van der Waals surface area contributed by atoms with Gasteiger partial charge in [0.25, 0.3) is 0 Å². The number of nitrogens with zero attached hydrogens (tertiary/aromatic N) is 3. The molecule has 1 fully saturated rings. The van der Waals surface area contributed by atoms with Gasteiger partial charge in [-0.05, 0) is 37.1 Å². The summed E-state index contributed by atoms with van der Waals surface area (Å²) in [5.74, 6) is 1.09. The molecule has 4 heteroatoms. The molecule has 0 saturated carbocycles. The molecule has 0 unspecified atom stereocenters. The van der Waals surface area contributed by atoms with Crippen LogP contribution in [0.5, 0.6) is 0 Å². The smallest absolute Gasteiger partial charge is 0.153 e. The molecular weight excluding hydrogens is 262 g/mol. The van der Waals surface area contributed by atoms with Gasteiger partial charge < -0.3 is 14.0 Å². The lowest BCUT2D eigenvalue weighted by Gasteiger charge is -2.32. The summed E-state index contributed by atoms with van der Waals surface area (Å²) < 4.78 is 7.70. The summed E-state index contributed by atoms with van der Waals surface area (Å²) in [5.41, 5.74) is 3.39. The van der Waals surface area contributed by atoms with Crippen molar-refractivity contribution in [3.8, 4) is 0 Å². The highest BCUT2D eigenvalue weighted by Gasteiger charge is 2.22. The van der Waals surface area contributed by atoms with Crippen molar-refractivity contribution in [2.24, 2.45) is 0 Å². The Morgan fingerprint density at radius 3 is 2.62 bits per heavy atom. The van der Waals surface area contributed by atoms with Crippen molar-refractivity contribution < 1.29 is 4.74 Å². The molecule has 21 heavy (non-hydrogen) atoms. The standard InChI is InChI=1S/C17H19N3O/c1-21-13-8-11-19(12-9-13)17-16-7-4-10-20(16)15-6-3-2-5-14(15)18-17/h2-7,10,13H,8-9,11-12H2,1H3. The van der Waals surface area contributed by atoms with Crippen molar-refractivity contribution in [2.75, 3.05) is 25.1 Å². The quantitative estimate of drug-likeness (QED) is 0.723. The van der Waals surface area contributed by atoms with E-state index in [4.69, 9.17) is 9.72 Å². The van der Waals surface area contributed by atoms with E-state index in [0.717, 1.165) is 42.8 Å². The lowest BCUT2D eigenvalue weighted by Crippen LogP contribution is -2.37. The summed E-state index contributed by atoms with van der Waals surface area (Å²) in [6.07, 6.45) is 4.64. The van der Waals surface area contributed by atoms with Gasteiger partial charge in [-0.2, -0.15) is 0 Å². The summed E-state index contributed by atoms with van der Waals surface area (Å²) >= 11 is 0. The van der Waals surface area contributed by atoms with Gasteiger partial charge in [-0.1, -0.05) is 12.1 Å². The first-order valence-electron chi connectivity index (χ1n) is 7.50. The first kappa shape index (κ1) is 12.7. The molecule has 0 spiro atoms. The summed E-state index contributed by atoms with van der Waals surface area (Å²) in [6.45, 7) is 2.01. The molecule has 0 amide bonds. The average molecular weight is 281 g/mol. The van der Waals surface area contributed by atoms with Crippen molar-refractivity contribution in [1.29, 1.82) is 0 Å². The summed E-state index contributed by atoms with van der Waals surface area (Å²) in [7, 11) is 1.81. The minimum absolute atomic E-state index is 0.393. The molecule has 1 saturated heterocycles. The number of methoxy groups -OCH3 is 1. The molecule has 1 aromatic carbocycles. The predicted molar refractivity (Wildman–Crippen MR) is 84.9 cm³/mol. The van der Waals surface area contributed by atoms with E-state index in [2.05, 4.69) is 45.8 Å². The van der Waals surface area contributed by atoms with Crippen LogP contribution in [-0.2, 0) is 4.74 Å². The Morgan fingerprint density at radius 2 is 1.81 bits per heavy atom. The van der Waals surface area contributed by atoms with E-state index < -0.39 is 0 Å². The minimum atomic E-state index is 0.393. The molecule has 1 aliphatic rings. The molecular formula is C17H19N3O. The summed E-state index contributed by atoms with van der Waals surface area (Å²) in [6, 6.07) is 12.6. The number of aromatic nitrogens is 2. The third kappa shape index (κ3) is 2.07. The maximum Gasteiger partial charge on any atom is 0.153 e. The highest BCUT2D eigenvalue weighted by Crippen LogP contribution is 2.27. The molecule has 4 rings (SSSR count). The Labute approximate surface area is 124 Å². The van der Waals surface area contributed by atoms with Gasteiger partial charge in [0.05, 0.1) is 22.7 Å². The number of anilines is 1. The number of para-hydroxylation sites is 2. The zero-order valence-corrected chi connectivity index (χ0v) is 12.2. The molecule has 108 valence electrons. The van der Waals surface area contributed by atoms with Gasteiger partial charge in [-0.25, -0.2) is 4.98 Å². The second kappa shape index (κ2) is 5.04. The van der Waals surface area contributed by atoms with Crippen LogP contribution in [0.15, 0.2) is 42.6 Å². The number of fused-ring (bicyclic) bond motifs is 3. The third-order valence-electron chi connectivity index (χ3n) is 4.42. The highest BCUT2D eigenvalue weighted by atomic mass is 16.5. The maximum atomic E-state index is 5.47. The number of hydrogen-bond donors (Lipinski definition) is 0. The van der Waals surface area contributed by atoms with E-state index in [-0.39, 0.29) is 0 Å². The van der Waals surface area contributed by atoms with E-state index in [9.17, 15) is 0 Å². The maximum absolute atomic E-state index is 5.47. The zero-order valence-electron chi connectivity index (χ0n) is 12.2. The Bertz CT molecular complexity index is 772. The minimum Gasteiger partial charge on any atom is -0.381 e. The molecule has 0 N–H and O–H groups in total. The Morgan fingerprint density at radius 1 is 1.05 bits per heavy atom. The Balaban J connectivity index is 1.82. The van der Waals surface area contributed by atoms with Crippen LogP contribution in [0.4, 0.5) is 5.82 Å². The molecule has 3 aromatic rings. The SMILES string of the molecule is COC1CCN(c2nc3ccccc3n3cccc23)CC1. The van der Waals surface area contributed by atoms with Gasteiger partial charge in [0.2, 0.25) is 0 Å². The van der Waals surface area contributed by atoms with Gasteiger partial charge in [-0.3, -0.25) is 0 Å². The molecule has 0 aliphatic carbocycles. The lowest BCUT2D eigenvalue weighted by atomic mass is 10.1. The van der Waals surface area contributed by atoms with Crippen molar-refractivity contribution in [2.45, 2.75) is 18.9 Å². The molecule has 0 radical (unpaired) electrons. The van der Waals surface area contributed by atoms with Crippen LogP contribution in [0.1, 0.15) is 12.8 Å². The fourth-order valence-electron chi connectivity index (χ4n) is 3.24. The summed E-state index contributed by atoms with van der Waals surface area (Å²) in [5, 5.41) is 0. The zero-order chi connectivity index (χ0) is 14.2. The topological polar surface area (TPSA) is 29.8 Å². The second-order valence-corrected chi connectivity index (χ2v) is 5.61. The fraction of sp³-hybridized carbons (Fsp3) is 0.353. The van der Waals surface area contributed by atoms with Crippen LogP contribution < -0.4 is 4.90 Å².